The Morgan fingerprint density at radius 2 is 1.72 bits per heavy atom. The number of nitrogens with zero attached hydrogens (tertiary/aromatic N) is 3. The summed E-state index contributed by atoms with van der Waals surface area (Å²) in [4.78, 5) is 24.3. The first-order valence-electron chi connectivity index (χ1n) is 9.70. The van der Waals surface area contributed by atoms with E-state index in [1.54, 1.807) is 6.20 Å². The monoisotopic (exact) mass is 430 g/mol. The molecule has 29 heavy (non-hydrogen) atoms. The second-order valence-electron chi connectivity index (χ2n) is 7.21. The fourth-order valence-corrected chi connectivity index (χ4v) is 3.72. The maximum absolute atomic E-state index is 13.3. The summed E-state index contributed by atoms with van der Waals surface area (Å²) in [6.45, 7) is 3.52. The summed E-state index contributed by atoms with van der Waals surface area (Å²) in [5.41, 5.74) is 3.71. The molecule has 5 nitrogen and oxygen atoms in total. The first kappa shape index (κ1) is 21.3. The van der Waals surface area contributed by atoms with Crippen molar-refractivity contribution < 1.29 is 4.79 Å². The molecular formula is C22H24Cl2N4O. The second kappa shape index (κ2) is 9.42. The molecule has 0 bridgehead atoms. The number of hydrogen-bond acceptors (Lipinski definition) is 4. The van der Waals surface area contributed by atoms with Crippen LogP contribution in [-0.4, -0.2) is 33.9 Å². The zero-order valence-electron chi connectivity index (χ0n) is 16.3. The number of amides is 1. The van der Waals surface area contributed by atoms with Crippen LogP contribution in [0.25, 0.3) is 11.0 Å². The molecule has 0 radical (unpaired) electrons. The molecule has 1 amide bonds. The van der Waals surface area contributed by atoms with Gasteiger partial charge in [-0.15, -0.1) is 12.4 Å². The third-order valence-electron chi connectivity index (χ3n) is 5.11. The highest BCUT2D eigenvalue weighted by Gasteiger charge is 2.22. The fourth-order valence-electron chi connectivity index (χ4n) is 3.59. The standard InChI is InChI=1S/C22H23ClN4O.ClH/c1-15-6-11-18-20(26-17-9-7-16(23)8-10-17)19(14-24-21(18)25-15)22(28)27-12-4-2-3-5-13-27;/h6-11,14H,2-5,12-13H2,1H3,(H,24,25,26);1H. The molecule has 1 saturated heterocycles. The maximum Gasteiger partial charge on any atom is 0.257 e. The minimum absolute atomic E-state index is 0. The van der Waals surface area contributed by atoms with Crippen LogP contribution in [0.15, 0.2) is 42.6 Å². The van der Waals surface area contributed by atoms with Gasteiger partial charge < -0.3 is 10.2 Å². The highest BCUT2D eigenvalue weighted by atomic mass is 35.5. The van der Waals surface area contributed by atoms with Crippen LogP contribution in [0, 0.1) is 6.92 Å². The molecule has 1 N–H and O–H groups in total. The molecule has 2 aromatic heterocycles. The molecule has 1 aromatic carbocycles. The average Bonchev–Trinajstić information content (AvgIpc) is 2.99. The van der Waals surface area contributed by atoms with Gasteiger partial charge in [0.1, 0.15) is 0 Å². The Bertz CT molecular complexity index is 1000. The molecule has 3 aromatic rings. The van der Waals surface area contributed by atoms with Gasteiger partial charge in [0.25, 0.3) is 5.91 Å². The van der Waals surface area contributed by atoms with E-state index in [4.69, 9.17) is 11.6 Å². The van der Waals surface area contributed by atoms with Gasteiger partial charge in [0.05, 0.1) is 11.3 Å². The van der Waals surface area contributed by atoms with Crippen LogP contribution in [0.3, 0.4) is 0 Å². The van der Waals surface area contributed by atoms with Gasteiger partial charge in [-0.3, -0.25) is 4.79 Å². The number of pyridine rings is 2. The van der Waals surface area contributed by atoms with E-state index < -0.39 is 0 Å². The van der Waals surface area contributed by atoms with Gasteiger partial charge >= 0.3 is 0 Å². The first-order valence-corrected chi connectivity index (χ1v) is 10.1. The molecule has 1 aliphatic heterocycles. The van der Waals surface area contributed by atoms with Crippen molar-refractivity contribution in [3.8, 4) is 0 Å². The molecule has 7 heteroatoms. The number of anilines is 2. The number of fused-ring (bicyclic) bond motifs is 1. The molecule has 0 aliphatic carbocycles. The molecule has 4 rings (SSSR count). The number of aromatic nitrogens is 2. The number of benzene rings is 1. The molecule has 3 heterocycles. The Balaban J connectivity index is 0.00000240. The highest BCUT2D eigenvalue weighted by molar-refractivity contribution is 6.30. The van der Waals surface area contributed by atoms with Crippen molar-refractivity contribution in [1.29, 1.82) is 0 Å². The largest absolute Gasteiger partial charge is 0.354 e. The van der Waals surface area contributed by atoms with E-state index in [1.807, 2.05) is 48.2 Å². The number of hydrogen-bond donors (Lipinski definition) is 1. The molecule has 0 atom stereocenters. The smallest absolute Gasteiger partial charge is 0.257 e. The van der Waals surface area contributed by atoms with Crippen molar-refractivity contribution >= 4 is 52.3 Å². The zero-order valence-corrected chi connectivity index (χ0v) is 17.9. The predicted molar refractivity (Wildman–Crippen MR) is 121 cm³/mol. The minimum Gasteiger partial charge on any atom is -0.354 e. The molecule has 1 aliphatic rings. The topological polar surface area (TPSA) is 58.1 Å². The van der Waals surface area contributed by atoms with Crippen molar-refractivity contribution in [3.63, 3.8) is 0 Å². The number of aryl methyl sites for hydroxylation is 1. The molecule has 1 fully saturated rings. The Hall–Kier alpha value is -2.37. The van der Waals surface area contributed by atoms with Gasteiger partial charge in [-0.2, -0.15) is 0 Å². The summed E-state index contributed by atoms with van der Waals surface area (Å²) >= 11 is 6.02. The van der Waals surface area contributed by atoms with Crippen LogP contribution in [0.4, 0.5) is 11.4 Å². The fraction of sp³-hybridized carbons (Fsp3) is 0.318. The van der Waals surface area contributed by atoms with Gasteiger partial charge in [-0.05, 0) is 56.2 Å². The Morgan fingerprint density at radius 1 is 1.03 bits per heavy atom. The van der Waals surface area contributed by atoms with Crippen LogP contribution in [-0.2, 0) is 0 Å². The summed E-state index contributed by atoms with van der Waals surface area (Å²) in [7, 11) is 0. The summed E-state index contributed by atoms with van der Waals surface area (Å²) in [5, 5.41) is 4.92. The normalized spacial score (nSPS) is 14.2. The average molecular weight is 431 g/mol. The lowest BCUT2D eigenvalue weighted by molar-refractivity contribution is 0.0762. The number of likely N-dealkylation sites (tertiary alicyclic amines) is 1. The van der Waals surface area contributed by atoms with Crippen LogP contribution >= 0.6 is 24.0 Å². The zero-order chi connectivity index (χ0) is 19.5. The van der Waals surface area contributed by atoms with Gasteiger partial charge in [-0.1, -0.05) is 24.4 Å². The van der Waals surface area contributed by atoms with Gasteiger partial charge in [0.2, 0.25) is 0 Å². The van der Waals surface area contributed by atoms with Crippen LogP contribution in [0.5, 0.6) is 0 Å². The molecule has 0 unspecified atom stereocenters. The lowest BCUT2D eigenvalue weighted by Gasteiger charge is -2.22. The Morgan fingerprint density at radius 3 is 2.41 bits per heavy atom. The number of carbonyl (C=O) groups excluding carboxylic acids is 1. The van der Waals surface area contributed by atoms with Gasteiger partial charge in [0.15, 0.2) is 5.65 Å². The van der Waals surface area contributed by atoms with E-state index in [0.29, 0.717) is 16.2 Å². The third kappa shape index (κ3) is 4.80. The quantitative estimate of drug-likeness (QED) is 0.572. The Kier molecular flexibility index (Phi) is 6.93. The van der Waals surface area contributed by atoms with E-state index >= 15 is 0 Å². The van der Waals surface area contributed by atoms with Crippen LogP contribution in [0.2, 0.25) is 5.02 Å². The van der Waals surface area contributed by atoms with Crippen molar-refractivity contribution in [2.45, 2.75) is 32.6 Å². The first-order chi connectivity index (χ1) is 13.6. The molecular weight excluding hydrogens is 407 g/mol. The lowest BCUT2D eigenvalue weighted by atomic mass is 10.1. The van der Waals surface area contributed by atoms with E-state index in [9.17, 15) is 4.79 Å². The van der Waals surface area contributed by atoms with Crippen molar-refractivity contribution in [2.75, 3.05) is 18.4 Å². The van der Waals surface area contributed by atoms with Crippen LogP contribution < -0.4 is 5.32 Å². The summed E-state index contributed by atoms with van der Waals surface area (Å²) in [6, 6.07) is 11.4. The molecule has 152 valence electrons. The summed E-state index contributed by atoms with van der Waals surface area (Å²) in [6.07, 6.45) is 6.11. The number of halogens is 2. The predicted octanol–water partition coefficient (Wildman–Crippen LogP) is 5.77. The van der Waals surface area contributed by atoms with Gasteiger partial charge in [0, 0.05) is 41.1 Å². The molecule has 0 spiro atoms. The van der Waals surface area contributed by atoms with Crippen molar-refractivity contribution in [3.05, 3.63) is 58.9 Å². The molecule has 0 saturated carbocycles. The maximum atomic E-state index is 13.3. The third-order valence-corrected chi connectivity index (χ3v) is 5.36. The van der Waals surface area contributed by atoms with E-state index in [-0.39, 0.29) is 18.3 Å². The summed E-state index contributed by atoms with van der Waals surface area (Å²) < 4.78 is 0. The highest BCUT2D eigenvalue weighted by Crippen LogP contribution is 2.30. The number of carbonyl (C=O) groups is 1. The Labute approximate surface area is 181 Å². The number of nitrogens with one attached hydrogen (secondary N) is 1. The summed E-state index contributed by atoms with van der Waals surface area (Å²) in [5.74, 6) is 0.0216. The number of rotatable bonds is 3. The minimum atomic E-state index is 0. The van der Waals surface area contributed by atoms with Crippen molar-refractivity contribution in [1.82, 2.24) is 14.9 Å². The van der Waals surface area contributed by atoms with Crippen molar-refractivity contribution in [2.24, 2.45) is 0 Å². The lowest BCUT2D eigenvalue weighted by Crippen LogP contribution is -2.32. The van der Waals surface area contributed by atoms with Crippen LogP contribution in [0.1, 0.15) is 41.7 Å². The van der Waals surface area contributed by atoms with E-state index in [1.165, 1.54) is 12.8 Å². The van der Waals surface area contributed by atoms with Gasteiger partial charge in [-0.25, -0.2) is 9.97 Å². The van der Waals surface area contributed by atoms with E-state index in [0.717, 1.165) is 48.4 Å². The second-order valence-corrected chi connectivity index (χ2v) is 7.65. The SMILES string of the molecule is Cc1ccc2c(Nc3ccc(Cl)cc3)c(C(=O)N3CCCCCC3)cnc2n1.Cl. The van der Waals surface area contributed by atoms with E-state index in [2.05, 4.69) is 15.3 Å².